The van der Waals surface area contributed by atoms with Crippen molar-refractivity contribution in [1.82, 2.24) is 20.4 Å². The molecule has 0 aromatic carbocycles. The molecular weight excluding hydrogens is 498 g/mol. The van der Waals surface area contributed by atoms with E-state index in [1.54, 1.807) is 13.3 Å². The van der Waals surface area contributed by atoms with Crippen molar-refractivity contribution in [2.45, 2.75) is 69.8 Å². The van der Waals surface area contributed by atoms with E-state index in [9.17, 15) is 5.26 Å². The van der Waals surface area contributed by atoms with Gasteiger partial charge >= 0.3 is 0 Å². The van der Waals surface area contributed by atoms with Gasteiger partial charge in [0, 0.05) is 56.1 Å². The maximum atomic E-state index is 9.69. The Hall–Kier alpha value is -2.00. The van der Waals surface area contributed by atoms with Crippen molar-refractivity contribution in [3.05, 3.63) is 22.7 Å². The van der Waals surface area contributed by atoms with Crippen LogP contribution in [0, 0.1) is 16.7 Å². The summed E-state index contributed by atoms with van der Waals surface area (Å²) in [6, 6.07) is 5.78. The van der Waals surface area contributed by atoms with Crippen LogP contribution < -0.4 is 16.1 Å². The molecule has 0 spiro atoms. The molecule has 0 bridgehead atoms. The smallest absolute Gasteiger partial charge is 0.183 e. The summed E-state index contributed by atoms with van der Waals surface area (Å²) in [4.78, 5) is 9.27. The Bertz CT molecular complexity index is 1080. The number of rotatable bonds is 9. The number of aromatic nitrogens is 2. The van der Waals surface area contributed by atoms with Crippen LogP contribution in [0.5, 0.6) is 0 Å². The highest BCUT2D eigenvalue weighted by Gasteiger charge is 2.45. The number of nitrogens with zero attached hydrogens (tertiary/aromatic N) is 4. The number of hydrazine groups is 1. The minimum atomic E-state index is -0.399. The highest BCUT2D eigenvalue weighted by Crippen LogP contribution is 2.35. The SMILES string of the molecule is CO[C@H]1[C@H](C)N1NC1CCC(Nc2cc(-c3csc(NCC4(C#N)CCOCC4)n3)c(Cl)cn2)CC1. The largest absolute Gasteiger partial charge is 0.381 e. The predicted octanol–water partition coefficient (Wildman–Crippen LogP) is 4.50. The van der Waals surface area contributed by atoms with Gasteiger partial charge in [-0.15, -0.1) is 11.3 Å². The molecule has 0 amide bonds. The van der Waals surface area contributed by atoms with Gasteiger partial charge in [0.2, 0.25) is 0 Å². The molecule has 36 heavy (non-hydrogen) atoms. The number of nitriles is 1. The molecular formula is C25H34ClN7O2S. The van der Waals surface area contributed by atoms with Crippen LogP contribution in [0.3, 0.4) is 0 Å². The number of halogens is 1. The van der Waals surface area contributed by atoms with E-state index in [0.29, 0.717) is 42.9 Å². The Kier molecular flexibility index (Phi) is 7.96. The number of anilines is 2. The van der Waals surface area contributed by atoms with Crippen LogP contribution in [0.15, 0.2) is 17.6 Å². The van der Waals surface area contributed by atoms with Crippen molar-refractivity contribution in [1.29, 1.82) is 5.26 Å². The van der Waals surface area contributed by atoms with Crippen molar-refractivity contribution in [2.75, 3.05) is 37.5 Å². The molecule has 1 aliphatic carbocycles. The van der Waals surface area contributed by atoms with E-state index in [0.717, 1.165) is 60.7 Å². The fourth-order valence-electron chi connectivity index (χ4n) is 5.14. The van der Waals surface area contributed by atoms with Gasteiger partial charge in [0.15, 0.2) is 5.13 Å². The van der Waals surface area contributed by atoms with Crippen LogP contribution in [0.1, 0.15) is 45.4 Å². The number of hydrogen-bond acceptors (Lipinski definition) is 10. The minimum Gasteiger partial charge on any atom is -0.381 e. The second-order valence-corrected chi connectivity index (χ2v) is 11.3. The molecule has 1 unspecified atom stereocenters. The Labute approximate surface area is 221 Å². The monoisotopic (exact) mass is 531 g/mol. The van der Waals surface area contributed by atoms with E-state index in [1.807, 2.05) is 11.4 Å². The molecule has 2 aromatic rings. The number of thiazole rings is 1. The van der Waals surface area contributed by atoms with Crippen molar-refractivity contribution in [3.8, 4) is 17.3 Å². The Morgan fingerprint density at radius 3 is 2.72 bits per heavy atom. The van der Waals surface area contributed by atoms with E-state index >= 15 is 0 Å². The third-order valence-electron chi connectivity index (χ3n) is 7.59. The molecule has 4 heterocycles. The summed E-state index contributed by atoms with van der Waals surface area (Å²) in [7, 11) is 1.76. The molecule has 2 aliphatic heterocycles. The first-order valence-corrected chi connectivity index (χ1v) is 13.9. The maximum absolute atomic E-state index is 9.69. The van der Waals surface area contributed by atoms with Crippen molar-refractivity contribution in [3.63, 3.8) is 0 Å². The zero-order valence-electron chi connectivity index (χ0n) is 20.8. The van der Waals surface area contributed by atoms with Crippen molar-refractivity contribution >= 4 is 33.9 Å². The first kappa shape index (κ1) is 25.6. The second kappa shape index (κ2) is 11.2. The summed E-state index contributed by atoms with van der Waals surface area (Å²) in [6.45, 7) is 4.00. The summed E-state index contributed by atoms with van der Waals surface area (Å²) in [5, 5.41) is 22.2. The molecule has 1 saturated carbocycles. The van der Waals surface area contributed by atoms with Crippen LogP contribution in [0.4, 0.5) is 10.9 Å². The van der Waals surface area contributed by atoms with Gasteiger partial charge in [0.25, 0.3) is 0 Å². The average Bonchev–Trinajstić information content (AvgIpc) is 3.28. The lowest BCUT2D eigenvalue weighted by Gasteiger charge is -2.30. The molecule has 5 rings (SSSR count). The van der Waals surface area contributed by atoms with Gasteiger partial charge < -0.3 is 20.1 Å². The van der Waals surface area contributed by atoms with Crippen LogP contribution in [0.25, 0.3) is 11.3 Å². The lowest BCUT2D eigenvalue weighted by Crippen LogP contribution is -2.40. The normalized spacial score (nSPS) is 29.3. The zero-order valence-corrected chi connectivity index (χ0v) is 22.4. The van der Waals surface area contributed by atoms with Gasteiger partial charge in [-0.2, -0.15) is 5.26 Å². The standard InChI is InChI=1S/C25H34ClN7O2S/c1-16-23(34-2)33(16)32-18-5-3-17(4-6-18)30-22-11-19(20(26)12-28-22)21-13-36-24(31-21)29-15-25(14-27)7-9-35-10-8-25/h11-13,16-18,23,32H,3-10,15H2,1-2H3,(H,28,30)(H,29,31)/t16-,17?,18?,23-,33?/m0/s1. The molecule has 3 N–H and O–H groups in total. The third kappa shape index (κ3) is 5.77. The third-order valence-corrected chi connectivity index (χ3v) is 8.69. The Balaban J connectivity index is 1.16. The first-order chi connectivity index (χ1) is 17.5. The molecule has 3 fully saturated rings. The van der Waals surface area contributed by atoms with Crippen LogP contribution in [-0.2, 0) is 9.47 Å². The molecule has 3 atom stereocenters. The van der Waals surface area contributed by atoms with Crippen LogP contribution in [0.2, 0.25) is 5.02 Å². The number of methoxy groups -OCH3 is 1. The zero-order chi connectivity index (χ0) is 25.1. The number of ether oxygens (including phenoxy) is 2. The van der Waals surface area contributed by atoms with Crippen LogP contribution >= 0.6 is 22.9 Å². The second-order valence-electron chi connectivity index (χ2n) is 10.0. The highest BCUT2D eigenvalue weighted by molar-refractivity contribution is 7.14. The molecule has 194 valence electrons. The molecule has 0 radical (unpaired) electrons. The van der Waals surface area contributed by atoms with Crippen molar-refractivity contribution in [2.24, 2.45) is 5.41 Å². The van der Waals surface area contributed by atoms with E-state index < -0.39 is 5.41 Å². The Morgan fingerprint density at radius 2 is 2.03 bits per heavy atom. The van der Waals surface area contributed by atoms with Crippen LogP contribution in [-0.4, -0.2) is 66.2 Å². The predicted molar refractivity (Wildman–Crippen MR) is 142 cm³/mol. The Morgan fingerprint density at radius 1 is 1.28 bits per heavy atom. The summed E-state index contributed by atoms with van der Waals surface area (Å²) in [6.07, 6.45) is 7.74. The molecule has 3 aliphatic rings. The molecule has 9 nitrogen and oxygen atoms in total. The maximum Gasteiger partial charge on any atom is 0.183 e. The van der Waals surface area contributed by atoms with Gasteiger partial charge in [-0.3, -0.25) is 0 Å². The van der Waals surface area contributed by atoms with Gasteiger partial charge in [-0.25, -0.2) is 20.4 Å². The minimum absolute atomic E-state index is 0.202. The first-order valence-electron chi connectivity index (χ1n) is 12.7. The quantitative estimate of drug-likeness (QED) is 0.403. The average molecular weight is 532 g/mol. The summed E-state index contributed by atoms with van der Waals surface area (Å²) in [5.41, 5.74) is 4.88. The topological polar surface area (TPSA) is 107 Å². The summed E-state index contributed by atoms with van der Waals surface area (Å²) >= 11 is 8.03. The molecule has 2 aromatic heterocycles. The van der Waals surface area contributed by atoms with E-state index in [1.165, 1.54) is 11.3 Å². The fraction of sp³-hybridized carbons (Fsp3) is 0.640. The summed E-state index contributed by atoms with van der Waals surface area (Å²) in [5.74, 6) is 0.818. The summed E-state index contributed by atoms with van der Waals surface area (Å²) < 4.78 is 10.9. The van der Waals surface area contributed by atoms with Gasteiger partial charge in [0.1, 0.15) is 12.0 Å². The van der Waals surface area contributed by atoms with Crippen molar-refractivity contribution < 1.29 is 9.47 Å². The van der Waals surface area contributed by atoms with E-state index in [-0.39, 0.29) is 6.23 Å². The molecule has 11 heteroatoms. The van der Waals surface area contributed by atoms with Gasteiger partial charge in [0.05, 0.1) is 28.2 Å². The fourth-order valence-corrected chi connectivity index (χ4v) is 6.05. The van der Waals surface area contributed by atoms with Gasteiger partial charge in [-0.1, -0.05) is 11.6 Å². The van der Waals surface area contributed by atoms with E-state index in [4.69, 9.17) is 26.1 Å². The van der Waals surface area contributed by atoms with E-state index in [2.05, 4.69) is 39.0 Å². The molecule has 2 saturated heterocycles. The highest BCUT2D eigenvalue weighted by atomic mass is 35.5. The van der Waals surface area contributed by atoms with Gasteiger partial charge in [-0.05, 0) is 51.5 Å². The number of nitrogens with one attached hydrogen (secondary N) is 3. The number of pyridine rings is 1. The lowest BCUT2D eigenvalue weighted by molar-refractivity contribution is 0.0456. The number of hydrogen-bond donors (Lipinski definition) is 3. The lowest BCUT2D eigenvalue weighted by atomic mass is 9.82.